The standard InChI is InChI=1S/C26H19ClN8O2/c27-20-11-16(10-17-13-31-35-22(17)20)24-23(15-4-2-1-3-5-15)33-25(26(37)34-24)29-9-8-21(36)32-19-7-6-18(12-28)30-14-19/h1-7,10-11,13-14H,8-9H2,(H,29,33)(H,31,35)(H,32,36)(H,34,37). The summed E-state index contributed by atoms with van der Waals surface area (Å²) in [5, 5.41) is 22.6. The van der Waals surface area contributed by atoms with Crippen LogP contribution in [0.4, 0.5) is 11.5 Å². The number of hydrogen-bond acceptors (Lipinski definition) is 7. The minimum absolute atomic E-state index is 0.0797. The first-order valence-corrected chi connectivity index (χ1v) is 11.6. The summed E-state index contributed by atoms with van der Waals surface area (Å²) in [6.07, 6.45) is 3.15. The van der Waals surface area contributed by atoms with Crippen LogP contribution >= 0.6 is 11.6 Å². The van der Waals surface area contributed by atoms with Gasteiger partial charge >= 0.3 is 0 Å². The third-order valence-electron chi connectivity index (χ3n) is 5.56. The Morgan fingerprint density at radius 3 is 2.68 bits per heavy atom. The Hall–Kier alpha value is -5.01. The Kier molecular flexibility index (Phi) is 6.61. The molecule has 11 heteroatoms. The number of nitriles is 1. The molecule has 1 amide bonds. The van der Waals surface area contributed by atoms with E-state index in [9.17, 15) is 9.59 Å². The number of aromatic amines is 2. The summed E-state index contributed by atoms with van der Waals surface area (Å²) in [5.41, 5.74) is 3.55. The molecule has 37 heavy (non-hydrogen) atoms. The lowest BCUT2D eigenvalue weighted by atomic mass is 10.0. The number of carbonyl (C=O) groups excluding carboxylic acids is 1. The molecule has 0 saturated carbocycles. The monoisotopic (exact) mass is 510 g/mol. The Bertz CT molecular complexity index is 1690. The first-order valence-electron chi connectivity index (χ1n) is 11.2. The number of nitrogens with zero attached hydrogens (tertiary/aromatic N) is 4. The topological polar surface area (TPSA) is 152 Å². The SMILES string of the molecule is N#Cc1ccc(NC(=O)CCNc2nc(-c3ccccc3)c(-c3cc(Cl)c4[nH]ncc4c3)[nH]c2=O)cn1. The van der Waals surface area contributed by atoms with Crippen molar-refractivity contribution in [3.05, 3.63) is 88.1 Å². The predicted octanol–water partition coefficient (Wildman–Crippen LogP) is 4.34. The Morgan fingerprint density at radius 1 is 1.08 bits per heavy atom. The molecule has 2 aromatic carbocycles. The molecular formula is C26H19ClN8O2. The smallest absolute Gasteiger partial charge is 0.291 e. The molecule has 182 valence electrons. The number of rotatable bonds is 7. The molecule has 0 atom stereocenters. The highest BCUT2D eigenvalue weighted by Crippen LogP contribution is 2.33. The molecule has 0 spiro atoms. The molecule has 3 heterocycles. The van der Waals surface area contributed by atoms with Gasteiger partial charge in [0.15, 0.2) is 5.82 Å². The second kappa shape index (κ2) is 10.3. The second-order valence-corrected chi connectivity index (χ2v) is 8.47. The number of amides is 1. The van der Waals surface area contributed by atoms with Gasteiger partial charge in [-0.25, -0.2) is 9.97 Å². The lowest BCUT2D eigenvalue weighted by molar-refractivity contribution is -0.115. The van der Waals surface area contributed by atoms with Crippen molar-refractivity contribution in [1.82, 2.24) is 25.1 Å². The number of halogens is 1. The lowest BCUT2D eigenvalue weighted by Crippen LogP contribution is -2.22. The van der Waals surface area contributed by atoms with Crippen molar-refractivity contribution in [2.75, 3.05) is 17.2 Å². The fourth-order valence-electron chi connectivity index (χ4n) is 3.79. The average Bonchev–Trinajstić information content (AvgIpc) is 3.40. The van der Waals surface area contributed by atoms with Gasteiger partial charge in [0, 0.05) is 29.5 Å². The molecule has 3 aromatic heterocycles. The van der Waals surface area contributed by atoms with Crippen LogP contribution in [0.3, 0.4) is 0 Å². The van der Waals surface area contributed by atoms with Gasteiger partial charge in [0.25, 0.3) is 5.56 Å². The number of pyridine rings is 1. The van der Waals surface area contributed by atoms with Crippen molar-refractivity contribution in [2.45, 2.75) is 6.42 Å². The zero-order valence-corrected chi connectivity index (χ0v) is 20.0. The molecule has 5 rings (SSSR count). The van der Waals surface area contributed by atoms with Crippen LogP contribution in [0.25, 0.3) is 33.4 Å². The van der Waals surface area contributed by atoms with Gasteiger partial charge in [-0.05, 0) is 24.3 Å². The van der Waals surface area contributed by atoms with E-state index in [2.05, 4.69) is 35.8 Å². The molecular weight excluding hydrogens is 492 g/mol. The highest BCUT2D eigenvalue weighted by molar-refractivity contribution is 6.35. The largest absolute Gasteiger partial charge is 0.365 e. The van der Waals surface area contributed by atoms with Crippen molar-refractivity contribution in [1.29, 1.82) is 5.26 Å². The molecule has 5 aromatic rings. The molecule has 0 unspecified atom stereocenters. The van der Waals surface area contributed by atoms with Gasteiger partial charge in [0.2, 0.25) is 5.91 Å². The van der Waals surface area contributed by atoms with Gasteiger partial charge < -0.3 is 15.6 Å². The number of carbonyl (C=O) groups is 1. The molecule has 0 bridgehead atoms. The van der Waals surface area contributed by atoms with Gasteiger partial charge in [0.05, 0.1) is 40.0 Å². The summed E-state index contributed by atoms with van der Waals surface area (Å²) in [6, 6.07) is 18.1. The Labute approximate surface area is 215 Å². The Morgan fingerprint density at radius 2 is 1.92 bits per heavy atom. The van der Waals surface area contributed by atoms with Crippen LogP contribution in [0.1, 0.15) is 12.1 Å². The maximum atomic E-state index is 13.0. The second-order valence-electron chi connectivity index (χ2n) is 8.07. The predicted molar refractivity (Wildman–Crippen MR) is 141 cm³/mol. The summed E-state index contributed by atoms with van der Waals surface area (Å²) >= 11 is 6.44. The molecule has 0 fully saturated rings. The van der Waals surface area contributed by atoms with E-state index in [1.807, 2.05) is 42.5 Å². The third-order valence-corrected chi connectivity index (χ3v) is 5.86. The van der Waals surface area contributed by atoms with Crippen molar-refractivity contribution in [3.63, 3.8) is 0 Å². The van der Waals surface area contributed by atoms with Gasteiger partial charge in [-0.1, -0.05) is 41.9 Å². The van der Waals surface area contributed by atoms with E-state index in [-0.39, 0.29) is 30.4 Å². The van der Waals surface area contributed by atoms with E-state index in [4.69, 9.17) is 16.9 Å². The number of hydrogen-bond donors (Lipinski definition) is 4. The highest BCUT2D eigenvalue weighted by Gasteiger charge is 2.16. The number of aromatic nitrogens is 5. The number of nitrogens with one attached hydrogen (secondary N) is 4. The van der Waals surface area contributed by atoms with Gasteiger partial charge in [0.1, 0.15) is 11.8 Å². The minimum atomic E-state index is -0.435. The number of benzene rings is 2. The van der Waals surface area contributed by atoms with E-state index < -0.39 is 5.56 Å². The summed E-state index contributed by atoms with van der Waals surface area (Å²) in [4.78, 5) is 36.7. The zero-order chi connectivity index (χ0) is 25.8. The van der Waals surface area contributed by atoms with E-state index in [1.54, 1.807) is 18.3 Å². The first kappa shape index (κ1) is 23.7. The van der Waals surface area contributed by atoms with Crippen LogP contribution < -0.4 is 16.2 Å². The molecule has 0 radical (unpaired) electrons. The van der Waals surface area contributed by atoms with E-state index in [0.29, 0.717) is 33.2 Å². The van der Waals surface area contributed by atoms with Crippen LogP contribution in [0.2, 0.25) is 5.02 Å². The highest BCUT2D eigenvalue weighted by atomic mass is 35.5. The van der Waals surface area contributed by atoms with E-state index >= 15 is 0 Å². The fraction of sp³-hybridized carbons (Fsp3) is 0.0769. The van der Waals surface area contributed by atoms with Crippen LogP contribution in [-0.2, 0) is 4.79 Å². The minimum Gasteiger partial charge on any atom is -0.365 e. The van der Waals surface area contributed by atoms with Crippen molar-refractivity contribution < 1.29 is 4.79 Å². The molecule has 0 aliphatic heterocycles. The number of fused-ring (bicyclic) bond motifs is 1. The third kappa shape index (κ3) is 5.17. The normalized spacial score (nSPS) is 10.7. The van der Waals surface area contributed by atoms with Crippen molar-refractivity contribution in [2.24, 2.45) is 0 Å². The summed E-state index contributed by atoms with van der Waals surface area (Å²) in [6.45, 7) is 0.173. The van der Waals surface area contributed by atoms with Gasteiger partial charge in [-0.2, -0.15) is 10.4 Å². The van der Waals surface area contributed by atoms with Crippen molar-refractivity contribution >= 4 is 39.9 Å². The quantitative estimate of drug-likeness (QED) is 0.254. The number of H-pyrrole nitrogens is 2. The number of anilines is 2. The first-order chi connectivity index (χ1) is 18.0. The van der Waals surface area contributed by atoms with E-state index in [0.717, 1.165) is 10.9 Å². The van der Waals surface area contributed by atoms with Crippen LogP contribution in [-0.4, -0.2) is 37.6 Å². The summed E-state index contributed by atoms with van der Waals surface area (Å²) < 4.78 is 0. The maximum Gasteiger partial charge on any atom is 0.291 e. The average molecular weight is 511 g/mol. The molecule has 0 aliphatic rings. The molecule has 0 aliphatic carbocycles. The van der Waals surface area contributed by atoms with Crippen LogP contribution in [0, 0.1) is 11.3 Å². The summed E-state index contributed by atoms with van der Waals surface area (Å²) in [7, 11) is 0. The molecule has 4 N–H and O–H groups in total. The molecule has 0 saturated heterocycles. The fourth-order valence-corrected chi connectivity index (χ4v) is 4.06. The van der Waals surface area contributed by atoms with Crippen LogP contribution in [0.15, 0.2) is 71.8 Å². The Balaban J connectivity index is 1.39. The van der Waals surface area contributed by atoms with E-state index in [1.165, 1.54) is 12.3 Å². The summed E-state index contributed by atoms with van der Waals surface area (Å²) in [5.74, 6) is -0.190. The lowest BCUT2D eigenvalue weighted by Gasteiger charge is -2.13. The van der Waals surface area contributed by atoms with Crippen LogP contribution in [0.5, 0.6) is 0 Å². The van der Waals surface area contributed by atoms with Gasteiger partial charge in [-0.3, -0.25) is 14.7 Å². The molecule has 10 nitrogen and oxygen atoms in total. The van der Waals surface area contributed by atoms with Gasteiger partial charge in [-0.15, -0.1) is 0 Å². The zero-order valence-electron chi connectivity index (χ0n) is 19.2. The maximum absolute atomic E-state index is 13.0. The van der Waals surface area contributed by atoms with Crippen molar-refractivity contribution in [3.8, 4) is 28.6 Å².